The van der Waals surface area contributed by atoms with Crippen molar-refractivity contribution in [1.82, 2.24) is 9.78 Å². The van der Waals surface area contributed by atoms with E-state index in [0.29, 0.717) is 17.0 Å². The maximum absolute atomic E-state index is 11.0. The number of thioether (sulfide) groups is 1. The molecule has 0 saturated heterocycles. The molecule has 9 heteroatoms. The third-order valence-corrected chi connectivity index (χ3v) is 4.29. The van der Waals surface area contributed by atoms with Gasteiger partial charge in [-0.25, -0.2) is 4.68 Å². The summed E-state index contributed by atoms with van der Waals surface area (Å²) in [6, 6.07) is 16.0. The van der Waals surface area contributed by atoms with Crippen LogP contribution in [0.25, 0.3) is 16.9 Å². The first-order chi connectivity index (χ1) is 12.0. The van der Waals surface area contributed by atoms with Crippen LogP contribution in [-0.2, 0) is 5.75 Å². The van der Waals surface area contributed by atoms with Crippen molar-refractivity contribution in [3.63, 3.8) is 0 Å². The van der Waals surface area contributed by atoms with Gasteiger partial charge >= 0.3 is 0 Å². The predicted molar refractivity (Wildman–Crippen MR) is 98.9 cm³/mol. The summed E-state index contributed by atoms with van der Waals surface area (Å²) in [5.74, 6) is 0.459. The van der Waals surface area contributed by atoms with Crippen LogP contribution in [-0.4, -0.2) is 19.9 Å². The van der Waals surface area contributed by atoms with E-state index in [9.17, 15) is 10.1 Å². The SMILES string of the molecule is N=C(N)SCc1cn(-c2ccccc2)nc1-c1cccc([N+](=O)[O-])c1.[Cl-]. The first-order valence-corrected chi connectivity index (χ1v) is 8.39. The minimum atomic E-state index is -0.429. The molecule has 0 bridgehead atoms. The Bertz CT molecular complexity index is 930. The molecular formula is C17H15ClN5O2S-. The van der Waals surface area contributed by atoms with Crippen molar-refractivity contribution in [1.29, 1.82) is 5.41 Å². The van der Waals surface area contributed by atoms with Gasteiger partial charge in [-0.2, -0.15) is 5.10 Å². The van der Waals surface area contributed by atoms with Crippen LogP contribution in [0.2, 0.25) is 0 Å². The quantitative estimate of drug-likeness (QED) is 0.287. The van der Waals surface area contributed by atoms with E-state index in [1.54, 1.807) is 16.8 Å². The molecule has 3 N–H and O–H groups in total. The maximum Gasteiger partial charge on any atom is 0.270 e. The first-order valence-electron chi connectivity index (χ1n) is 7.40. The second kappa shape index (κ2) is 8.50. The molecule has 7 nitrogen and oxygen atoms in total. The highest BCUT2D eigenvalue weighted by molar-refractivity contribution is 8.13. The number of nitrogens with one attached hydrogen (secondary N) is 1. The topological polar surface area (TPSA) is 111 Å². The molecule has 0 saturated carbocycles. The van der Waals surface area contributed by atoms with E-state index >= 15 is 0 Å². The molecule has 3 rings (SSSR count). The largest absolute Gasteiger partial charge is 1.00 e. The lowest BCUT2D eigenvalue weighted by Gasteiger charge is -2.02. The van der Waals surface area contributed by atoms with E-state index in [0.717, 1.165) is 11.3 Å². The average molecular weight is 389 g/mol. The molecule has 0 atom stereocenters. The normalized spacial score (nSPS) is 10.2. The summed E-state index contributed by atoms with van der Waals surface area (Å²) in [5.41, 5.74) is 8.48. The van der Waals surface area contributed by atoms with Crippen molar-refractivity contribution < 1.29 is 17.3 Å². The number of para-hydroxylation sites is 1. The predicted octanol–water partition coefficient (Wildman–Crippen LogP) is 0.578. The van der Waals surface area contributed by atoms with Crippen molar-refractivity contribution >= 4 is 22.6 Å². The van der Waals surface area contributed by atoms with Crippen molar-refractivity contribution in [3.8, 4) is 16.9 Å². The summed E-state index contributed by atoms with van der Waals surface area (Å²) in [6.45, 7) is 0. The van der Waals surface area contributed by atoms with E-state index in [1.807, 2.05) is 36.5 Å². The van der Waals surface area contributed by atoms with Crippen LogP contribution in [0.15, 0.2) is 60.8 Å². The van der Waals surface area contributed by atoms with Crippen LogP contribution in [0.5, 0.6) is 0 Å². The average Bonchev–Trinajstić information content (AvgIpc) is 3.05. The number of benzene rings is 2. The Balaban J connectivity index is 0.00000243. The van der Waals surface area contributed by atoms with E-state index in [2.05, 4.69) is 5.10 Å². The van der Waals surface area contributed by atoms with Gasteiger partial charge in [0.25, 0.3) is 5.69 Å². The number of hydrogen-bond acceptors (Lipinski definition) is 5. The molecule has 1 heterocycles. The highest BCUT2D eigenvalue weighted by Crippen LogP contribution is 2.29. The molecule has 1 aromatic heterocycles. The Morgan fingerprint density at radius 1 is 1.23 bits per heavy atom. The Labute approximate surface area is 160 Å². The lowest BCUT2D eigenvalue weighted by atomic mass is 10.1. The summed E-state index contributed by atoms with van der Waals surface area (Å²) in [7, 11) is 0. The van der Waals surface area contributed by atoms with E-state index in [-0.39, 0.29) is 23.3 Å². The van der Waals surface area contributed by atoms with Crippen LogP contribution in [0, 0.1) is 15.5 Å². The van der Waals surface area contributed by atoms with Gasteiger partial charge in [-0.15, -0.1) is 0 Å². The minimum absolute atomic E-state index is 0. The molecule has 0 radical (unpaired) electrons. The molecule has 0 aliphatic carbocycles. The molecule has 26 heavy (non-hydrogen) atoms. The zero-order valence-electron chi connectivity index (χ0n) is 13.5. The molecule has 0 amide bonds. The van der Waals surface area contributed by atoms with Gasteiger partial charge in [0.1, 0.15) is 0 Å². The highest BCUT2D eigenvalue weighted by Gasteiger charge is 2.15. The minimum Gasteiger partial charge on any atom is -1.00 e. The van der Waals surface area contributed by atoms with Gasteiger partial charge in [-0.1, -0.05) is 42.1 Å². The second-order valence-electron chi connectivity index (χ2n) is 5.24. The third kappa shape index (κ3) is 4.41. The second-order valence-corrected chi connectivity index (χ2v) is 6.26. The fourth-order valence-electron chi connectivity index (χ4n) is 2.39. The lowest BCUT2D eigenvalue weighted by Crippen LogP contribution is -3.00. The van der Waals surface area contributed by atoms with E-state index in [1.165, 1.54) is 23.9 Å². The zero-order chi connectivity index (χ0) is 17.8. The Morgan fingerprint density at radius 2 is 1.96 bits per heavy atom. The van der Waals surface area contributed by atoms with Crippen LogP contribution in [0.1, 0.15) is 5.56 Å². The van der Waals surface area contributed by atoms with Crippen LogP contribution < -0.4 is 18.1 Å². The molecule has 0 spiro atoms. The zero-order valence-corrected chi connectivity index (χ0v) is 15.1. The fourth-order valence-corrected chi connectivity index (χ4v) is 2.92. The number of hydrogen-bond donors (Lipinski definition) is 2. The van der Waals surface area contributed by atoms with Gasteiger partial charge < -0.3 is 18.1 Å². The molecule has 0 unspecified atom stereocenters. The Morgan fingerprint density at radius 3 is 2.62 bits per heavy atom. The number of nitro benzene ring substituents is 1. The summed E-state index contributed by atoms with van der Waals surface area (Å²) in [4.78, 5) is 10.6. The van der Waals surface area contributed by atoms with Crippen molar-refractivity contribution in [3.05, 3.63) is 76.5 Å². The fraction of sp³-hybridized carbons (Fsp3) is 0.0588. The molecule has 0 aliphatic rings. The van der Waals surface area contributed by atoms with Crippen LogP contribution in [0.4, 0.5) is 5.69 Å². The van der Waals surface area contributed by atoms with Gasteiger partial charge in [0.05, 0.1) is 16.3 Å². The lowest BCUT2D eigenvalue weighted by molar-refractivity contribution is -0.384. The number of nitro groups is 1. The summed E-state index contributed by atoms with van der Waals surface area (Å²) in [5, 5.41) is 23.1. The first kappa shape index (κ1) is 19.5. The standard InChI is InChI=1S/C17H15N5O2S.ClH/c18-17(19)25-11-13-10-21(14-6-2-1-3-7-14)20-16(13)12-5-4-8-15(9-12)22(23)24;/h1-10H,11H2,(H3,18,19);1H/p-1. The molecule has 3 aromatic rings. The van der Waals surface area contributed by atoms with Crippen LogP contribution in [0.3, 0.4) is 0 Å². The summed E-state index contributed by atoms with van der Waals surface area (Å²) in [6.07, 6.45) is 1.86. The molecule has 0 aliphatic heterocycles. The smallest absolute Gasteiger partial charge is 0.270 e. The summed E-state index contributed by atoms with van der Waals surface area (Å²) < 4.78 is 1.73. The van der Waals surface area contributed by atoms with Crippen LogP contribution >= 0.6 is 11.8 Å². The number of non-ortho nitro benzene ring substituents is 1. The third-order valence-electron chi connectivity index (χ3n) is 3.52. The number of rotatable bonds is 5. The molecular weight excluding hydrogens is 374 g/mol. The van der Waals surface area contributed by atoms with Crippen molar-refractivity contribution in [2.75, 3.05) is 0 Å². The van der Waals surface area contributed by atoms with Crippen molar-refractivity contribution in [2.45, 2.75) is 5.75 Å². The van der Waals surface area contributed by atoms with Gasteiger partial charge in [0.15, 0.2) is 5.17 Å². The molecule has 134 valence electrons. The molecule has 2 aromatic carbocycles. The number of aromatic nitrogens is 2. The number of halogens is 1. The van der Waals surface area contributed by atoms with Gasteiger partial charge in [0, 0.05) is 35.2 Å². The number of amidine groups is 1. The van der Waals surface area contributed by atoms with Gasteiger partial charge in [0.2, 0.25) is 0 Å². The number of nitrogens with two attached hydrogens (primary N) is 1. The highest BCUT2D eigenvalue weighted by atomic mass is 35.5. The van der Waals surface area contributed by atoms with Gasteiger partial charge in [-0.05, 0) is 12.1 Å². The maximum atomic E-state index is 11.0. The summed E-state index contributed by atoms with van der Waals surface area (Å²) >= 11 is 1.19. The van der Waals surface area contributed by atoms with Crippen molar-refractivity contribution in [2.24, 2.45) is 5.73 Å². The Hall–Kier alpha value is -2.84. The van der Waals surface area contributed by atoms with Gasteiger partial charge in [-0.3, -0.25) is 15.5 Å². The van der Waals surface area contributed by atoms with E-state index < -0.39 is 4.92 Å². The number of nitrogens with zero attached hydrogens (tertiary/aromatic N) is 3. The van der Waals surface area contributed by atoms with E-state index in [4.69, 9.17) is 11.1 Å². The Kier molecular flexibility index (Phi) is 6.37. The molecule has 0 fully saturated rings. The monoisotopic (exact) mass is 388 g/mol.